The van der Waals surface area contributed by atoms with Crippen molar-refractivity contribution in [3.8, 4) is 0 Å². The average Bonchev–Trinajstić information content (AvgIpc) is 2.51. The van der Waals surface area contributed by atoms with Gasteiger partial charge in [0.05, 0.1) is 11.4 Å². The third-order valence-corrected chi connectivity index (χ3v) is 3.32. The fourth-order valence-electron chi connectivity index (χ4n) is 2.25. The summed E-state index contributed by atoms with van der Waals surface area (Å²) in [6.07, 6.45) is 3.65. The van der Waals surface area contributed by atoms with Crippen molar-refractivity contribution in [1.29, 1.82) is 0 Å². The van der Waals surface area contributed by atoms with Crippen LogP contribution in [-0.4, -0.2) is 16.8 Å². The fourth-order valence-corrected chi connectivity index (χ4v) is 2.25. The molecular formula is C18H21N3O2. The van der Waals surface area contributed by atoms with Crippen molar-refractivity contribution < 1.29 is 9.59 Å². The van der Waals surface area contributed by atoms with Gasteiger partial charge in [0.2, 0.25) is 11.8 Å². The molecule has 0 aliphatic carbocycles. The normalized spacial score (nSPS) is 10.2. The van der Waals surface area contributed by atoms with Crippen molar-refractivity contribution in [3.05, 3.63) is 53.9 Å². The third kappa shape index (κ3) is 5.54. The van der Waals surface area contributed by atoms with E-state index in [1.165, 1.54) is 6.92 Å². The maximum absolute atomic E-state index is 12.1. The zero-order valence-corrected chi connectivity index (χ0v) is 13.4. The maximum Gasteiger partial charge on any atom is 0.224 e. The summed E-state index contributed by atoms with van der Waals surface area (Å²) >= 11 is 0. The largest absolute Gasteiger partial charge is 0.325 e. The summed E-state index contributed by atoms with van der Waals surface area (Å²) < 4.78 is 0. The molecule has 2 rings (SSSR count). The average molecular weight is 311 g/mol. The van der Waals surface area contributed by atoms with Crippen LogP contribution in [0.2, 0.25) is 0 Å². The van der Waals surface area contributed by atoms with Crippen LogP contribution in [0.15, 0.2) is 42.6 Å². The monoisotopic (exact) mass is 311 g/mol. The lowest BCUT2D eigenvalue weighted by Crippen LogP contribution is -2.15. The van der Waals surface area contributed by atoms with Gasteiger partial charge in [-0.1, -0.05) is 12.1 Å². The van der Waals surface area contributed by atoms with Gasteiger partial charge in [-0.2, -0.15) is 0 Å². The molecule has 1 aromatic carbocycles. The molecule has 5 nitrogen and oxygen atoms in total. The van der Waals surface area contributed by atoms with Gasteiger partial charge in [0.15, 0.2) is 0 Å². The number of hydrogen-bond acceptors (Lipinski definition) is 3. The van der Waals surface area contributed by atoms with Crippen molar-refractivity contribution in [2.45, 2.75) is 33.1 Å². The molecular weight excluding hydrogens is 290 g/mol. The van der Waals surface area contributed by atoms with Crippen LogP contribution in [0.3, 0.4) is 0 Å². The first kappa shape index (κ1) is 16.7. The Hall–Kier alpha value is -2.69. The Morgan fingerprint density at radius 1 is 1.09 bits per heavy atom. The minimum Gasteiger partial charge on any atom is -0.325 e. The van der Waals surface area contributed by atoms with Crippen LogP contribution in [0.4, 0.5) is 11.4 Å². The van der Waals surface area contributed by atoms with Crippen molar-refractivity contribution in [2.75, 3.05) is 10.6 Å². The minimum atomic E-state index is -0.167. The summed E-state index contributed by atoms with van der Waals surface area (Å²) in [4.78, 5) is 27.6. The van der Waals surface area contributed by atoms with Gasteiger partial charge in [-0.15, -0.1) is 0 Å². The van der Waals surface area contributed by atoms with Crippen LogP contribution in [0.5, 0.6) is 0 Å². The molecule has 0 spiro atoms. The summed E-state index contributed by atoms with van der Waals surface area (Å²) in [5, 5.41) is 5.59. The van der Waals surface area contributed by atoms with Crippen molar-refractivity contribution >= 4 is 23.2 Å². The summed E-state index contributed by atoms with van der Waals surface area (Å²) in [5.74, 6) is -0.238. The minimum absolute atomic E-state index is 0.0712. The van der Waals surface area contributed by atoms with Crippen molar-refractivity contribution in [2.24, 2.45) is 0 Å². The van der Waals surface area contributed by atoms with Gasteiger partial charge in [-0.05, 0) is 49.6 Å². The van der Waals surface area contributed by atoms with Crippen LogP contribution in [0.1, 0.15) is 31.0 Å². The van der Waals surface area contributed by atoms with Crippen LogP contribution in [0.25, 0.3) is 0 Å². The van der Waals surface area contributed by atoms with Gasteiger partial charge in [0.1, 0.15) is 0 Å². The molecule has 0 aliphatic rings. The van der Waals surface area contributed by atoms with Gasteiger partial charge >= 0.3 is 0 Å². The molecule has 1 aromatic heterocycles. The first-order valence-electron chi connectivity index (χ1n) is 7.62. The molecule has 0 aliphatic heterocycles. The number of nitrogens with one attached hydrogen (secondary N) is 2. The molecule has 0 saturated heterocycles. The van der Waals surface area contributed by atoms with E-state index in [9.17, 15) is 9.59 Å². The highest BCUT2D eigenvalue weighted by molar-refractivity contribution is 5.98. The number of benzene rings is 1. The Morgan fingerprint density at radius 2 is 1.91 bits per heavy atom. The molecule has 1 heterocycles. The van der Waals surface area contributed by atoms with E-state index in [4.69, 9.17) is 0 Å². The fraction of sp³-hybridized carbons (Fsp3) is 0.278. The van der Waals surface area contributed by atoms with E-state index >= 15 is 0 Å². The number of aromatic nitrogens is 1. The molecule has 2 amide bonds. The maximum atomic E-state index is 12.1. The molecule has 5 heteroatoms. The van der Waals surface area contributed by atoms with E-state index in [0.29, 0.717) is 17.8 Å². The number of carbonyl (C=O) groups is 2. The number of hydrogen-bond donors (Lipinski definition) is 2. The number of rotatable bonds is 6. The van der Waals surface area contributed by atoms with Crippen molar-refractivity contribution in [3.63, 3.8) is 0 Å². The van der Waals surface area contributed by atoms with Crippen LogP contribution < -0.4 is 10.6 Å². The van der Waals surface area contributed by atoms with Gasteiger partial charge in [0, 0.05) is 25.2 Å². The molecule has 0 bridgehead atoms. The molecule has 120 valence electrons. The first-order chi connectivity index (χ1) is 11.0. The molecule has 2 aromatic rings. The second-order valence-electron chi connectivity index (χ2n) is 5.45. The van der Waals surface area contributed by atoms with E-state index < -0.39 is 0 Å². The standard InChI is InChI=1S/C18H21N3O2/c1-13-9-10-16(20-14(2)22)17(12-13)21-18(23)8-5-7-15-6-3-4-11-19-15/h3-4,6,9-12H,5,7-8H2,1-2H3,(H,20,22)(H,21,23). The number of carbonyl (C=O) groups excluding carboxylic acids is 2. The number of amides is 2. The van der Waals surface area contributed by atoms with E-state index in [0.717, 1.165) is 24.1 Å². The van der Waals surface area contributed by atoms with Crippen LogP contribution >= 0.6 is 0 Å². The SMILES string of the molecule is CC(=O)Nc1ccc(C)cc1NC(=O)CCCc1ccccn1. The predicted molar refractivity (Wildman–Crippen MR) is 91.3 cm³/mol. The molecule has 0 atom stereocenters. The zero-order chi connectivity index (χ0) is 16.7. The number of aryl methyl sites for hydroxylation is 2. The zero-order valence-electron chi connectivity index (χ0n) is 13.4. The van der Waals surface area contributed by atoms with Crippen molar-refractivity contribution in [1.82, 2.24) is 4.98 Å². The van der Waals surface area contributed by atoms with Crippen LogP contribution in [-0.2, 0) is 16.0 Å². The highest BCUT2D eigenvalue weighted by atomic mass is 16.2. The number of anilines is 2. The number of pyridine rings is 1. The Labute approximate surface area is 136 Å². The first-order valence-corrected chi connectivity index (χ1v) is 7.62. The highest BCUT2D eigenvalue weighted by Crippen LogP contribution is 2.23. The van der Waals surface area contributed by atoms with E-state index in [-0.39, 0.29) is 11.8 Å². The Bertz CT molecular complexity index is 684. The second-order valence-corrected chi connectivity index (χ2v) is 5.45. The smallest absolute Gasteiger partial charge is 0.224 e. The van der Waals surface area contributed by atoms with Gasteiger partial charge in [-0.25, -0.2) is 0 Å². The van der Waals surface area contributed by atoms with E-state index in [2.05, 4.69) is 15.6 Å². The molecule has 0 radical (unpaired) electrons. The second kappa shape index (κ2) is 8.08. The summed E-state index contributed by atoms with van der Waals surface area (Å²) in [5.41, 5.74) is 3.24. The van der Waals surface area contributed by atoms with Gasteiger partial charge in [-0.3, -0.25) is 14.6 Å². The van der Waals surface area contributed by atoms with Gasteiger partial charge in [0.25, 0.3) is 0 Å². The molecule has 0 fully saturated rings. The van der Waals surface area contributed by atoms with E-state index in [1.807, 2.05) is 37.3 Å². The molecule has 23 heavy (non-hydrogen) atoms. The molecule has 0 unspecified atom stereocenters. The Morgan fingerprint density at radius 3 is 2.61 bits per heavy atom. The summed E-state index contributed by atoms with van der Waals surface area (Å²) in [6, 6.07) is 11.3. The lowest BCUT2D eigenvalue weighted by molar-refractivity contribution is -0.116. The lowest BCUT2D eigenvalue weighted by Gasteiger charge is -2.12. The molecule has 0 saturated carbocycles. The third-order valence-electron chi connectivity index (χ3n) is 3.32. The van der Waals surface area contributed by atoms with Gasteiger partial charge < -0.3 is 10.6 Å². The quantitative estimate of drug-likeness (QED) is 0.859. The van der Waals surface area contributed by atoms with E-state index in [1.54, 1.807) is 12.3 Å². The number of nitrogens with zero attached hydrogens (tertiary/aromatic N) is 1. The Kier molecular flexibility index (Phi) is 5.86. The predicted octanol–water partition coefficient (Wildman–Crippen LogP) is 3.31. The summed E-state index contributed by atoms with van der Waals surface area (Å²) in [7, 11) is 0. The molecule has 2 N–H and O–H groups in total. The van der Waals surface area contributed by atoms with Crippen LogP contribution in [0, 0.1) is 6.92 Å². The highest BCUT2D eigenvalue weighted by Gasteiger charge is 2.08. The Balaban J connectivity index is 1.91. The summed E-state index contributed by atoms with van der Waals surface area (Å²) in [6.45, 7) is 3.38. The lowest BCUT2D eigenvalue weighted by atomic mass is 10.1. The topological polar surface area (TPSA) is 71.1 Å².